The number of carbonyl (C=O) groups excluding carboxylic acids is 2. The molecule has 29 heavy (non-hydrogen) atoms. The lowest BCUT2D eigenvalue weighted by Gasteiger charge is -2.43. The SMILES string of the molecule is CC(=O)c1ncc(O)cc1N1CCC2(CC1)CO[C@@H](C)[C@H]2NC(=O)OC(C)(C)C. The lowest BCUT2D eigenvalue weighted by Crippen LogP contribution is -2.55. The molecule has 2 atom stereocenters. The van der Waals surface area contributed by atoms with Crippen LogP contribution in [0.2, 0.25) is 0 Å². The Morgan fingerprint density at radius 3 is 2.59 bits per heavy atom. The summed E-state index contributed by atoms with van der Waals surface area (Å²) >= 11 is 0. The molecule has 0 aromatic carbocycles. The number of amides is 1. The fraction of sp³-hybridized carbons (Fsp3) is 0.667. The number of rotatable bonds is 3. The molecule has 2 saturated heterocycles. The van der Waals surface area contributed by atoms with E-state index in [0.29, 0.717) is 31.1 Å². The van der Waals surface area contributed by atoms with Gasteiger partial charge in [0.1, 0.15) is 17.0 Å². The average Bonchev–Trinajstić information content (AvgIpc) is 2.90. The number of alkyl carbamates (subject to hydrolysis) is 1. The first kappa shape index (κ1) is 21.4. The van der Waals surface area contributed by atoms with Gasteiger partial charge in [-0.3, -0.25) is 4.79 Å². The number of anilines is 1. The standard InChI is InChI=1S/C21H31N3O5/c1-13(25)17-16(10-15(26)11-22-17)24-8-6-21(7-9-24)12-28-14(2)18(21)23-19(27)29-20(3,4)5/h10-11,14,18,26H,6-9,12H2,1-5H3,(H,23,27)/t14-,18+/m0/s1. The minimum absolute atomic E-state index is 0.0348. The number of nitrogens with zero attached hydrogens (tertiary/aromatic N) is 2. The highest BCUT2D eigenvalue weighted by molar-refractivity contribution is 5.97. The maximum Gasteiger partial charge on any atom is 0.407 e. The zero-order valence-electron chi connectivity index (χ0n) is 17.8. The van der Waals surface area contributed by atoms with Gasteiger partial charge in [-0.05, 0) is 40.5 Å². The topological polar surface area (TPSA) is 101 Å². The molecular weight excluding hydrogens is 374 g/mol. The van der Waals surface area contributed by atoms with E-state index in [1.165, 1.54) is 13.1 Å². The lowest BCUT2D eigenvalue weighted by molar-refractivity contribution is 0.0434. The lowest BCUT2D eigenvalue weighted by atomic mass is 9.73. The summed E-state index contributed by atoms with van der Waals surface area (Å²) in [5, 5.41) is 12.9. The predicted octanol–water partition coefficient (Wildman–Crippen LogP) is 2.89. The molecule has 0 unspecified atom stereocenters. The van der Waals surface area contributed by atoms with Crippen molar-refractivity contribution in [3.63, 3.8) is 0 Å². The summed E-state index contributed by atoms with van der Waals surface area (Å²) in [5.74, 6) is -0.102. The molecule has 8 heteroatoms. The van der Waals surface area contributed by atoms with Gasteiger partial charge >= 0.3 is 6.09 Å². The molecule has 0 saturated carbocycles. The minimum Gasteiger partial charge on any atom is -0.506 e. The Bertz CT molecular complexity index is 781. The molecule has 3 rings (SSSR count). The van der Waals surface area contributed by atoms with E-state index in [-0.39, 0.29) is 29.1 Å². The Morgan fingerprint density at radius 1 is 1.34 bits per heavy atom. The van der Waals surface area contributed by atoms with Crippen molar-refractivity contribution in [1.29, 1.82) is 0 Å². The van der Waals surface area contributed by atoms with Crippen LogP contribution in [0.3, 0.4) is 0 Å². The highest BCUT2D eigenvalue weighted by Crippen LogP contribution is 2.43. The number of aromatic hydroxyl groups is 1. The van der Waals surface area contributed by atoms with Crippen LogP contribution in [0.25, 0.3) is 0 Å². The van der Waals surface area contributed by atoms with Gasteiger partial charge in [0.15, 0.2) is 5.78 Å². The summed E-state index contributed by atoms with van der Waals surface area (Å²) < 4.78 is 11.4. The summed E-state index contributed by atoms with van der Waals surface area (Å²) in [5.41, 5.74) is 0.261. The normalized spacial score (nSPS) is 23.8. The number of hydrogen-bond donors (Lipinski definition) is 2. The Hall–Kier alpha value is -2.35. The van der Waals surface area contributed by atoms with Crippen LogP contribution in [0, 0.1) is 5.41 Å². The molecule has 0 aliphatic carbocycles. The third-order valence-corrected chi connectivity index (χ3v) is 5.72. The van der Waals surface area contributed by atoms with Crippen LogP contribution in [-0.4, -0.2) is 59.4 Å². The predicted molar refractivity (Wildman–Crippen MR) is 108 cm³/mol. The molecule has 1 aromatic heterocycles. The maximum absolute atomic E-state index is 12.4. The highest BCUT2D eigenvalue weighted by Gasteiger charge is 2.50. The van der Waals surface area contributed by atoms with Gasteiger partial charge in [-0.25, -0.2) is 9.78 Å². The number of hydrogen-bond acceptors (Lipinski definition) is 7. The van der Waals surface area contributed by atoms with Crippen LogP contribution >= 0.6 is 0 Å². The number of ketones is 1. The molecular formula is C21H31N3O5. The molecule has 3 heterocycles. The number of carbonyl (C=O) groups is 2. The molecule has 2 aliphatic rings. The van der Waals surface area contributed by atoms with E-state index in [9.17, 15) is 14.7 Å². The molecule has 1 spiro atoms. The monoisotopic (exact) mass is 405 g/mol. The zero-order chi connectivity index (χ0) is 21.4. The molecule has 2 aliphatic heterocycles. The third kappa shape index (κ3) is 4.63. The van der Waals surface area contributed by atoms with Crippen molar-refractivity contribution in [1.82, 2.24) is 10.3 Å². The molecule has 2 N–H and O–H groups in total. The summed E-state index contributed by atoms with van der Waals surface area (Å²) in [6.45, 7) is 10.9. The molecule has 0 bridgehead atoms. The smallest absolute Gasteiger partial charge is 0.407 e. The van der Waals surface area contributed by atoms with E-state index in [1.807, 2.05) is 27.7 Å². The van der Waals surface area contributed by atoms with E-state index in [4.69, 9.17) is 9.47 Å². The first-order valence-electron chi connectivity index (χ1n) is 10.1. The Balaban J connectivity index is 1.73. The van der Waals surface area contributed by atoms with E-state index in [2.05, 4.69) is 15.2 Å². The molecule has 8 nitrogen and oxygen atoms in total. The van der Waals surface area contributed by atoms with Gasteiger partial charge in [-0.15, -0.1) is 0 Å². The summed E-state index contributed by atoms with van der Waals surface area (Å²) in [6, 6.07) is 1.44. The molecule has 0 radical (unpaired) electrons. The first-order valence-corrected chi connectivity index (χ1v) is 10.1. The van der Waals surface area contributed by atoms with Gasteiger partial charge in [-0.1, -0.05) is 0 Å². The van der Waals surface area contributed by atoms with Crippen LogP contribution < -0.4 is 10.2 Å². The quantitative estimate of drug-likeness (QED) is 0.746. The van der Waals surface area contributed by atoms with E-state index in [1.54, 1.807) is 6.07 Å². The van der Waals surface area contributed by atoms with Crippen molar-refractivity contribution in [3.05, 3.63) is 18.0 Å². The number of piperidine rings is 1. The summed E-state index contributed by atoms with van der Waals surface area (Å²) in [6.07, 6.45) is 2.32. The Morgan fingerprint density at radius 2 is 2.00 bits per heavy atom. The number of pyridine rings is 1. The van der Waals surface area contributed by atoms with E-state index >= 15 is 0 Å². The zero-order valence-corrected chi connectivity index (χ0v) is 17.8. The minimum atomic E-state index is -0.561. The maximum atomic E-state index is 12.4. The van der Waals surface area contributed by atoms with E-state index < -0.39 is 11.7 Å². The number of aromatic nitrogens is 1. The molecule has 160 valence electrons. The molecule has 2 fully saturated rings. The largest absolute Gasteiger partial charge is 0.506 e. The average molecular weight is 405 g/mol. The van der Waals surface area contributed by atoms with Gasteiger partial charge in [0.2, 0.25) is 0 Å². The van der Waals surface area contributed by atoms with Crippen molar-refractivity contribution in [2.24, 2.45) is 5.41 Å². The number of ether oxygens (including phenoxy) is 2. The second-order valence-electron chi connectivity index (χ2n) is 9.11. The summed E-state index contributed by atoms with van der Waals surface area (Å²) in [7, 11) is 0. The van der Waals surface area contributed by atoms with Gasteiger partial charge in [0, 0.05) is 31.5 Å². The van der Waals surface area contributed by atoms with Gasteiger partial charge < -0.3 is 24.8 Å². The second kappa shape index (κ2) is 7.82. The Kier molecular flexibility index (Phi) is 5.76. The fourth-order valence-electron chi connectivity index (χ4n) is 4.29. The van der Waals surface area contributed by atoms with Crippen molar-refractivity contribution in [2.45, 2.75) is 65.2 Å². The van der Waals surface area contributed by atoms with Crippen LogP contribution in [0.1, 0.15) is 57.9 Å². The number of nitrogens with one attached hydrogen (secondary N) is 1. The van der Waals surface area contributed by atoms with Crippen molar-refractivity contribution >= 4 is 17.6 Å². The van der Waals surface area contributed by atoms with Crippen LogP contribution in [0.4, 0.5) is 10.5 Å². The van der Waals surface area contributed by atoms with Crippen LogP contribution in [0.15, 0.2) is 12.3 Å². The van der Waals surface area contributed by atoms with Crippen molar-refractivity contribution in [2.75, 3.05) is 24.6 Å². The Labute approximate surface area is 171 Å². The molecule has 1 amide bonds. The second-order valence-corrected chi connectivity index (χ2v) is 9.11. The number of Topliss-reactive ketones (excluding diaryl/α,β-unsaturated/α-hetero) is 1. The molecule has 1 aromatic rings. The van der Waals surface area contributed by atoms with Gasteiger partial charge in [-0.2, -0.15) is 0 Å². The summed E-state index contributed by atoms with van der Waals surface area (Å²) in [4.78, 5) is 30.5. The van der Waals surface area contributed by atoms with E-state index in [0.717, 1.165) is 12.8 Å². The third-order valence-electron chi connectivity index (χ3n) is 5.72. The first-order chi connectivity index (χ1) is 13.5. The van der Waals surface area contributed by atoms with Gasteiger partial charge in [0.05, 0.1) is 30.6 Å². The fourth-order valence-corrected chi connectivity index (χ4v) is 4.29. The van der Waals surface area contributed by atoms with Crippen molar-refractivity contribution < 1.29 is 24.2 Å². The highest BCUT2D eigenvalue weighted by atomic mass is 16.6. The van der Waals surface area contributed by atoms with Gasteiger partial charge in [0.25, 0.3) is 0 Å². The van der Waals surface area contributed by atoms with Crippen LogP contribution in [0.5, 0.6) is 5.75 Å². The van der Waals surface area contributed by atoms with Crippen molar-refractivity contribution in [3.8, 4) is 5.75 Å². The van der Waals surface area contributed by atoms with Crippen LogP contribution in [-0.2, 0) is 9.47 Å².